The summed E-state index contributed by atoms with van der Waals surface area (Å²) in [5.41, 5.74) is 3.13. The zero-order chi connectivity index (χ0) is 22.2. The molecule has 0 bridgehead atoms. The van der Waals surface area contributed by atoms with Gasteiger partial charge < -0.3 is 10.4 Å². The number of carbonyl (C=O) groups is 1. The van der Waals surface area contributed by atoms with Gasteiger partial charge in [-0.2, -0.15) is 0 Å². The molecule has 1 atom stereocenters. The lowest BCUT2D eigenvalue weighted by molar-refractivity contribution is 0.0782. The number of hydrogen-bond donors (Lipinski definition) is 2. The molecule has 1 aromatic heterocycles. The number of rotatable bonds is 10. The second kappa shape index (κ2) is 11.1. The summed E-state index contributed by atoms with van der Waals surface area (Å²) in [6.07, 6.45) is 0.957. The standard InChI is InChI=1S/C24H30N4O2S/c1-4-18-10-12-20(13-11-18)25-23(30)24-27-26-22(31-24)15-28(21(16-29)17(2)3)14-19-8-6-5-7-9-19/h5-13,17,21,29H,4,14-16H2,1-3H3,(H,25,30). The van der Waals surface area contributed by atoms with E-state index in [1.165, 1.54) is 22.5 Å². The molecule has 0 fully saturated rings. The number of anilines is 1. The van der Waals surface area contributed by atoms with Crippen molar-refractivity contribution in [3.05, 3.63) is 75.7 Å². The Hall–Kier alpha value is -2.61. The minimum absolute atomic E-state index is 0.0153. The van der Waals surface area contributed by atoms with Crippen molar-refractivity contribution in [2.24, 2.45) is 5.92 Å². The zero-order valence-corrected chi connectivity index (χ0v) is 19.1. The van der Waals surface area contributed by atoms with Crippen molar-refractivity contribution in [2.75, 3.05) is 11.9 Å². The summed E-state index contributed by atoms with van der Waals surface area (Å²) in [6.45, 7) is 7.56. The molecule has 1 heterocycles. The molecular weight excluding hydrogens is 408 g/mol. The van der Waals surface area contributed by atoms with Crippen LogP contribution in [-0.4, -0.2) is 38.8 Å². The number of aliphatic hydroxyl groups is 1. The van der Waals surface area contributed by atoms with E-state index in [1.54, 1.807) is 0 Å². The maximum atomic E-state index is 12.6. The van der Waals surface area contributed by atoms with Crippen molar-refractivity contribution < 1.29 is 9.90 Å². The number of nitrogens with zero attached hydrogens (tertiary/aromatic N) is 3. The SMILES string of the molecule is CCc1ccc(NC(=O)c2nnc(CN(Cc3ccccc3)C(CO)C(C)C)s2)cc1. The van der Waals surface area contributed by atoms with Crippen LogP contribution in [0.1, 0.15) is 46.7 Å². The summed E-state index contributed by atoms with van der Waals surface area (Å²) < 4.78 is 0. The fraction of sp³-hybridized carbons (Fsp3) is 0.375. The third-order valence-corrected chi connectivity index (χ3v) is 6.18. The van der Waals surface area contributed by atoms with E-state index in [-0.39, 0.29) is 24.5 Å². The van der Waals surface area contributed by atoms with Gasteiger partial charge in [-0.3, -0.25) is 9.69 Å². The third kappa shape index (κ3) is 6.43. The maximum absolute atomic E-state index is 12.6. The molecule has 3 rings (SSSR count). The van der Waals surface area contributed by atoms with Crippen LogP contribution in [-0.2, 0) is 19.5 Å². The smallest absolute Gasteiger partial charge is 0.286 e. The van der Waals surface area contributed by atoms with Gasteiger partial charge in [0.25, 0.3) is 5.91 Å². The van der Waals surface area contributed by atoms with E-state index < -0.39 is 0 Å². The van der Waals surface area contributed by atoms with Gasteiger partial charge in [-0.1, -0.05) is 74.6 Å². The van der Waals surface area contributed by atoms with Gasteiger partial charge in [0.1, 0.15) is 5.01 Å². The van der Waals surface area contributed by atoms with Crippen LogP contribution in [0.3, 0.4) is 0 Å². The van der Waals surface area contributed by atoms with E-state index >= 15 is 0 Å². The first-order valence-electron chi connectivity index (χ1n) is 10.6. The Morgan fingerprint density at radius 1 is 1.03 bits per heavy atom. The fourth-order valence-corrected chi connectivity index (χ4v) is 4.21. The first kappa shape index (κ1) is 23.1. The second-order valence-electron chi connectivity index (χ2n) is 7.89. The summed E-state index contributed by atoms with van der Waals surface area (Å²) in [4.78, 5) is 14.8. The Kier molecular flexibility index (Phi) is 8.28. The molecule has 0 aliphatic heterocycles. The van der Waals surface area contributed by atoms with Crippen LogP contribution in [0, 0.1) is 5.92 Å². The highest BCUT2D eigenvalue weighted by molar-refractivity contribution is 7.13. The minimum atomic E-state index is -0.259. The fourth-order valence-electron chi connectivity index (χ4n) is 3.45. The summed E-state index contributed by atoms with van der Waals surface area (Å²) in [6, 6.07) is 17.9. The van der Waals surface area contributed by atoms with Gasteiger partial charge in [0.15, 0.2) is 0 Å². The maximum Gasteiger partial charge on any atom is 0.286 e. The molecule has 31 heavy (non-hydrogen) atoms. The van der Waals surface area contributed by atoms with E-state index in [0.717, 1.165) is 17.1 Å². The number of aliphatic hydroxyl groups excluding tert-OH is 1. The molecule has 0 saturated heterocycles. The van der Waals surface area contributed by atoms with Gasteiger partial charge in [-0.15, -0.1) is 10.2 Å². The van der Waals surface area contributed by atoms with Gasteiger partial charge in [-0.05, 0) is 35.6 Å². The lowest BCUT2D eigenvalue weighted by atomic mass is 10.0. The molecule has 0 aliphatic carbocycles. The minimum Gasteiger partial charge on any atom is -0.395 e. The second-order valence-corrected chi connectivity index (χ2v) is 8.95. The normalized spacial score (nSPS) is 12.3. The van der Waals surface area contributed by atoms with Crippen molar-refractivity contribution in [1.29, 1.82) is 0 Å². The van der Waals surface area contributed by atoms with Gasteiger partial charge in [0, 0.05) is 18.3 Å². The molecule has 2 N–H and O–H groups in total. The van der Waals surface area contributed by atoms with Crippen molar-refractivity contribution in [3.63, 3.8) is 0 Å². The quantitative estimate of drug-likeness (QED) is 0.491. The summed E-state index contributed by atoms with van der Waals surface area (Å²) >= 11 is 1.29. The molecular formula is C24H30N4O2S. The van der Waals surface area contributed by atoms with E-state index in [1.807, 2.05) is 42.5 Å². The van der Waals surface area contributed by atoms with Gasteiger partial charge in [0.2, 0.25) is 5.01 Å². The van der Waals surface area contributed by atoms with Gasteiger partial charge >= 0.3 is 0 Å². The number of amides is 1. The Morgan fingerprint density at radius 3 is 2.35 bits per heavy atom. The van der Waals surface area contributed by atoms with Crippen molar-refractivity contribution in [2.45, 2.75) is 46.3 Å². The molecule has 1 unspecified atom stereocenters. The Bertz CT molecular complexity index is 957. The molecule has 7 heteroatoms. The van der Waals surface area contributed by atoms with Crippen molar-refractivity contribution >= 4 is 22.9 Å². The predicted octanol–water partition coefficient (Wildman–Crippen LogP) is 4.37. The van der Waals surface area contributed by atoms with E-state index in [4.69, 9.17) is 0 Å². The zero-order valence-electron chi connectivity index (χ0n) is 18.3. The molecule has 3 aromatic rings. The summed E-state index contributed by atoms with van der Waals surface area (Å²) in [7, 11) is 0. The molecule has 1 amide bonds. The Balaban J connectivity index is 1.71. The van der Waals surface area contributed by atoms with Crippen LogP contribution in [0.5, 0.6) is 0 Å². The van der Waals surface area contributed by atoms with Gasteiger partial charge in [0.05, 0.1) is 13.2 Å². The molecule has 0 saturated carbocycles. The largest absolute Gasteiger partial charge is 0.395 e. The molecule has 0 spiro atoms. The van der Waals surface area contributed by atoms with E-state index in [9.17, 15) is 9.90 Å². The predicted molar refractivity (Wildman–Crippen MR) is 125 cm³/mol. The highest BCUT2D eigenvalue weighted by Gasteiger charge is 2.24. The molecule has 6 nitrogen and oxygen atoms in total. The van der Waals surface area contributed by atoms with E-state index in [2.05, 4.69) is 53.3 Å². The average molecular weight is 439 g/mol. The van der Waals surface area contributed by atoms with Crippen molar-refractivity contribution in [1.82, 2.24) is 15.1 Å². The number of hydrogen-bond acceptors (Lipinski definition) is 6. The summed E-state index contributed by atoms with van der Waals surface area (Å²) in [5.74, 6) is 0.0145. The Labute approximate surface area is 188 Å². The number of benzene rings is 2. The lowest BCUT2D eigenvalue weighted by Crippen LogP contribution is -2.40. The van der Waals surface area contributed by atoms with Crippen LogP contribution < -0.4 is 5.32 Å². The van der Waals surface area contributed by atoms with Crippen LogP contribution in [0.4, 0.5) is 5.69 Å². The topological polar surface area (TPSA) is 78.4 Å². The van der Waals surface area contributed by atoms with Crippen LogP contribution in [0.15, 0.2) is 54.6 Å². The molecule has 0 radical (unpaired) electrons. The van der Waals surface area contributed by atoms with Gasteiger partial charge in [-0.25, -0.2) is 0 Å². The highest BCUT2D eigenvalue weighted by Crippen LogP contribution is 2.21. The average Bonchev–Trinajstić information content (AvgIpc) is 3.24. The van der Waals surface area contributed by atoms with Crippen molar-refractivity contribution in [3.8, 4) is 0 Å². The third-order valence-electron chi connectivity index (χ3n) is 5.27. The molecule has 0 aliphatic rings. The monoisotopic (exact) mass is 438 g/mol. The first-order chi connectivity index (χ1) is 15.0. The van der Waals surface area contributed by atoms with Crippen LogP contribution in [0.2, 0.25) is 0 Å². The van der Waals surface area contributed by atoms with Crippen LogP contribution in [0.25, 0.3) is 0 Å². The molecule has 2 aromatic carbocycles. The number of carbonyl (C=O) groups excluding carboxylic acids is 1. The van der Waals surface area contributed by atoms with E-state index in [0.29, 0.717) is 18.1 Å². The van der Waals surface area contributed by atoms with Crippen LogP contribution >= 0.6 is 11.3 Å². The number of nitrogens with one attached hydrogen (secondary N) is 1. The number of aromatic nitrogens is 2. The lowest BCUT2D eigenvalue weighted by Gasteiger charge is -2.32. The summed E-state index contributed by atoms with van der Waals surface area (Å²) in [5, 5.41) is 22.3. The number of aryl methyl sites for hydroxylation is 1. The molecule has 164 valence electrons. The Morgan fingerprint density at radius 2 is 1.74 bits per heavy atom. The highest BCUT2D eigenvalue weighted by atomic mass is 32.1. The first-order valence-corrected chi connectivity index (χ1v) is 11.4.